The number of aliphatic carboxylic acids is 2. The summed E-state index contributed by atoms with van der Waals surface area (Å²) in [6, 6.07) is 7.04. The summed E-state index contributed by atoms with van der Waals surface area (Å²) in [5.74, 6) is -6.75. The van der Waals surface area contributed by atoms with E-state index in [9.17, 15) is 28.8 Å². The van der Waals surface area contributed by atoms with Gasteiger partial charge in [-0.15, -0.1) is 0 Å². The second-order valence-electron chi connectivity index (χ2n) is 11.3. The Morgan fingerprint density at radius 1 is 0.786 bits per heavy atom. The maximum absolute atomic E-state index is 13.8. The average molecular weight is 583 g/mol. The van der Waals surface area contributed by atoms with Crippen molar-refractivity contribution >= 4 is 35.6 Å². The Bertz CT molecular complexity index is 1320. The van der Waals surface area contributed by atoms with Crippen LogP contribution in [0.15, 0.2) is 35.9 Å². The summed E-state index contributed by atoms with van der Waals surface area (Å²) in [6.45, 7) is -0.0401. The summed E-state index contributed by atoms with van der Waals surface area (Å²) in [5, 5.41) is 27.1. The highest BCUT2D eigenvalue weighted by atomic mass is 16.5. The number of amides is 4. The molecule has 1 aromatic carbocycles. The highest BCUT2D eigenvalue weighted by Gasteiger charge is 2.61. The molecule has 4 aliphatic rings. The second-order valence-corrected chi connectivity index (χ2v) is 11.3. The van der Waals surface area contributed by atoms with E-state index in [1.165, 1.54) is 0 Å². The molecule has 0 radical (unpaired) electrons. The zero-order chi connectivity index (χ0) is 30.1. The molecule has 3 fully saturated rings. The topological polar surface area (TPSA) is 179 Å². The Kier molecular flexibility index (Phi) is 8.44. The molecular formula is C30H34N2O10. The third-order valence-electron chi connectivity index (χ3n) is 8.97. The molecule has 12 nitrogen and oxygen atoms in total. The molecule has 2 saturated heterocycles. The Labute approximate surface area is 241 Å². The summed E-state index contributed by atoms with van der Waals surface area (Å²) in [4.78, 5) is 78.7. The van der Waals surface area contributed by atoms with Gasteiger partial charge in [0.05, 0.1) is 30.3 Å². The predicted octanol–water partition coefficient (Wildman–Crippen LogP) is 1.42. The fourth-order valence-corrected chi connectivity index (χ4v) is 7.25. The Hall–Kier alpha value is -4.06. The van der Waals surface area contributed by atoms with Crippen molar-refractivity contribution in [2.24, 2.45) is 29.6 Å². The van der Waals surface area contributed by atoms with E-state index in [0.29, 0.717) is 12.2 Å². The van der Waals surface area contributed by atoms with Crippen molar-refractivity contribution in [2.75, 3.05) is 26.3 Å². The van der Waals surface area contributed by atoms with E-state index < -0.39 is 47.4 Å². The van der Waals surface area contributed by atoms with Crippen molar-refractivity contribution in [2.45, 2.75) is 44.4 Å². The smallest absolute Gasteiger partial charge is 0.303 e. The van der Waals surface area contributed by atoms with E-state index in [1.807, 2.05) is 6.08 Å². The standard InChI is InChI=1S/C30H34N2O10/c33-13-14-42-17-7-5-16(6-8-17)24-18-9-10-19-25(29(40)31(27(19)38)11-1-3-22(34)35)20(18)15-21-26(24)30(41)32(28(21)39)12-2-4-23(36)37/h5-9,19-21,24-26,33H,1-4,10-15H2,(H,34,35)(H,36,37). The maximum Gasteiger partial charge on any atom is 0.303 e. The number of likely N-dealkylation sites (tertiary alicyclic amines) is 2. The fraction of sp³-hybridized carbons (Fsp3) is 0.533. The number of allylic oxidation sites excluding steroid dienone is 2. The van der Waals surface area contributed by atoms with Crippen LogP contribution in [0.3, 0.4) is 0 Å². The van der Waals surface area contributed by atoms with Gasteiger partial charge >= 0.3 is 11.9 Å². The van der Waals surface area contributed by atoms with E-state index >= 15 is 0 Å². The van der Waals surface area contributed by atoms with Crippen molar-refractivity contribution in [1.82, 2.24) is 9.80 Å². The average Bonchev–Trinajstić information content (AvgIpc) is 3.35. The number of nitrogens with zero attached hydrogens (tertiary/aromatic N) is 2. The molecule has 4 amide bonds. The van der Waals surface area contributed by atoms with Crippen LogP contribution >= 0.6 is 0 Å². The van der Waals surface area contributed by atoms with Gasteiger partial charge in [-0.3, -0.25) is 38.6 Å². The summed E-state index contributed by atoms with van der Waals surface area (Å²) < 4.78 is 5.48. The first-order valence-corrected chi connectivity index (χ1v) is 14.3. The molecule has 3 N–H and O–H groups in total. The molecule has 1 saturated carbocycles. The molecule has 224 valence electrons. The van der Waals surface area contributed by atoms with Gasteiger partial charge < -0.3 is 20.1 Å². The number of rotatable bonds is 12. The number of benzene rings is 1. The normalized spacial score (nSPS) is 28.4. The van der Waals surface area contributed by atoms with E-state index in [0.717, 1.165) is 20.9 Å². The van der Waals surface area contributed by atoms with E-state index in [2.05, 4.69) is 0 Å². The van der Waals surface area contributed by atoms with E-state index in [4.69, 9.17) is 20.1 Å². The number of imide groups is 2. The van der Waals surface area contributed by atoms with Gasteiger partial charge in [-0.1, -0.05) is 23.8 Å². The number of hydrogen-bond donors (Lipinski definition) is 3. The lowest BCUT2D eigenvalue weighted by atomic mass is 9.57. The van der Waals surface area contributed by atoms with Crippen LogP contribution in [-0.4, -0.2) is 87.0 Å². The molecule has 1 aromatic rings. The van der Waals surface area contributed by atoms with Crippen molar-refractivity contribution in [1.29, 1.82) is 0 Å². The molecule has 2 aliphatic heterocycles. The zero-order valence-electron chi connectivity index (χ0n) is 23.0. The number of aliphatic hydroxyl groups is 1. The van der Waals surface area contributed by atoms with E-state index in [-0.39, 0.29) is 82.0 Å². The lowest BCUT2D eigenvalue weighted by Gasteiger charge is -2.44. The predicted molar refractivity (Wildman–Crippen MR) is 144 cm³/mol. The van der Waals surface area contributed by atoms with Crippen LogP contribution < -0.4 is 4.74 Å². The third kappa shape index (κ3) is 5.31. The number of carbonyl (C=O) groups is 6. The minimum atomic E-state index is -1.02. The van der Waals surface area contributed by atoms with Crippen molar-refractivity contribution in [3.63, 3.8) is 0 Å². The van der Waals surface area contributed by atoms with Crippen LogP contribution in [0.25, 0.3) is 0 Å². The molecule has 0 aromatic heterocycles. The molecule has 0 spiro atoms. The number of carboxylic acids is 2. The third-order valence-corrected chi connectivity index (χ3v) is 8.97. The number of aliphatic hydroxyl groups excluding tert-OH is 1. The molecular weight excluding hydrogens is 548 g/mol. The minimum Gasteiger partial charge on any atom is -0.491 e. The number of carboxylic acid groups (broad SMARTS) is 2. The Morgan fingerprint density at radius 2 is 1.36 bits per heavy atom. The molecule has 6 unspecified atom stereocenters. The Balaban J connectivity index is 1.48. The van der Waals surface area contributed by atoms with Crippen molar-refractivity contribution < 1.29 is 48.8 Å². The van der Waals surface area contributed by atoms with Gasteiger partial charge in [0.25, 0.3) is 0 Å². The summed E-state index contributed by atoms with van der Waals surface area (Å²) in [5.41, 5.74) is 1.59. The van der Waals surface area contributed by atoms with Gasteiger partial charge in [0.15, 0.2) is 0 Å². The summed E-state index contributed by atoms with van der Waals surface area (Å²) >= 11 is 0. The van der Waals surface area contributed by atoms with Crippen LogP contribution in [0.1, 0.15) is 50.0 Å². The van der Waals surface area contributed by atoms with E-state index in [1.54, 1.807) is 24.3 Å². The molecule has 2 heterocycles. The first-order chi connectivity index (χ1) is 20.1. The monoisotopic (exact) mass is 582 g/mol. The SMILES string of the molecule is O=C(O)CCCN1C(=O)C2CC=C3C(CC4C(=O)N(CCCC(=O)O)C(=O)C4C3c3ccc(OCCO)cc3)C2C1=O. The van der Waals surface area contributed by atoms with Crippen LogP contribution in [0.4, 0.5) is 0 Å². The fourth-order valence-electron chi connectivity index (χ4n) is 7.25. The molecule has 2 aliphatic carbocycles. The Morgan fingerprint density at radius 3 is 1.93 bits per heavy atom. The lowest BCUT2D eigenvalue weighted by Crippen LogP contribution is -2.43. The van der Waals surface area contributed by atoms with Crippen LogP contribution in [0.2, 0.25) is 0 Å². The number of fused-ring (bicyclic) bond motifs is 4. The van der Waals surface area contributed by atoms with Gasteiger partial charge in [-0.05, 0) is 49.3 Å². The zero-order valence-corrected chi connectivity index (χ0v) is 23.0. The number of hydrogen-bond acceptors (Lipinski definition) is 8. The highest BCUT2D eigenvalue weighted by Crippen LogP contribution is 2.57. The minimum absolute atomic E-state index is 0.0117. The van der Waals surface area contributed by atoms with Gasteiger partial charge in [-0.2, -0.15) is 0 Å². The molecule has 42 heavy (non-hydrogen) atoms. The molecule has 12 heteroatoms. The van der Waals surface area contributed by atoms with Gasteiger partial charge in [0.2, 0.25) is 23.6 Å². The number of ether oxygens (including phenoxy) is 1. The van der Waals surface area contributed by atoms with Crippen molar-refractivity contribution in [3.05, 3.63) is 41.5 Å². The molecule has 6 atom stereocenters. The summed E-state index contributed by atoms with van der Waals surface area (Å²) in [7, 11) is 0. The highest BCUT2D eigenvalue weighted by molar-refractivity contribution is 6.08. The van der Waals surface area contributed by atoms with Crippen LogP contribution in [0.5, 0.6) is 5.75 Å². The molecule has 0 bridgehead atoms. The lowest BCUT2D eigenvalue weighted by molar-refractivity contribution is -0.143. The first-order valence-electron chi connectivity index (χ1n) is 14.3. The van der Waals surface area contributed by atoms with Crippen molar-refractivity contribution in [3.8, 4) is 5.75 Å². The van der Waals surface area contributed by atoms with Gasteiger partial charge in [-0.25, -0.2) is 0 Å². The quantitative estimate of drug-likeness (QED) is 0.241. The van der Waals surface area contributed by atoms with Crippen LogP contribution in [0, 0.1) is 29.6 Å². The maximum atomic E-state index is 13.8. The molecule has 5 rings (SSSR count). The van der Waals surface area contributed by atoms with Gasteiger partial charge in [0.1, 0.15) is 12.4 Å². The van der Waals surface area contributed by atoms with Gasteiger partial charge in [0, 0.05) is 31.8 Å². The van der Waals surface area contributed by atoms with Crippen LogP contribution in [-0.2, 0) is 28.8 Å². The number of carbonyl (C=O) groups excluding carboxylic acids is 4. The largest absolute Gasteiger partial charge is 0.491 e. The summed E-state index contributed by atoms with van der Waals surface area (Å²) in [6.07, 6.45) is 2.37. The first kappa shape index (κ1) is 29.4. The second kappa shape index (κ2) is 12.0.